The molecule has 4 rings (SSSR count). The van der Waals surface area contributed by atoms with Gasteiger partial charge in [0, 0.05) is 12.4 Å². The van der Waals surface area contributed by atoms with Crippen molar-refractivity contribution >= 4 is 10.8 Å². The highest BCUT2D eigenvalue weighted by molar-refractivity contribution is 5.82. The molecule has 0 fully saturated rings. The second kappa shape index (κ2) is 8.75. The van der Waals surface area contributed by atoms with Gasteiger partial charge in [-0.05, 0) is 65.8 Å². The van der Waals surface area contributed by atoms with E-state index in [2.05, 4.69) is 65.8 Å². The number of nitrogens with zero attached hydrogens (tertiary/aromatic N) is 2. The molecule has 0 aliphatic rings. The summed E-state index contributed by atoms with van der Waals surface area (Å²) in [6.07, 6.45) is 6.99. The van der Waals surface area contributed by atoms with E-state index in [-0.39, 0.29) is 0 Å². The van der Waals surface area contributed by atoms with Crippen molar-refractivity contribution in [2.75, 3.05) is 6.61 Å². The normalized spacial score (nSPS) is 11.0. The van der Waals surface area contributed by atoms with Crippen molar-refractivity contribution in [2.45, 2.75) is 32.7 Å². The Kier molecular flexibility index (Phi) is 5.72. The molecule has 3 nitrogen and oxygen atoms in total. The molecule has 1 aromatic heterocycles. The summed E-state index contributed by atoms with van der Waals surface area (Å²) in [6.45, 7) is 3.52. The average molecular weight is 370 g/mol. The van der Waals surface area contributed by atoms with E-state index in [1.54, 1.807) is 0 Å². The number of aromatic nitrogens is 2. The number of aryl methyl sites for hydroxylation is 2. The first-order valence-corrected chi connectivity index (χ1v) is 10.0. The minimum Gasteiger partial charge on any atom is -0.494 e. The highest BCUT2D eigenvalue weighted by atomic mass is 16.5. The van der Waals surface area contributed by atoms with Crippen molar-refractivity contribution in [1.29, 1.82) is 0 Å². The summed E-state index contributed by atoms with van der Waals surface area (Å²) < 4.78 is 7.82. The second-order valence-corrected chi connectivity index (χ2v) is 7.11. The van der Waals surface area contributed by atoms with Crippen molar-refractivity contribution < 1.29 is 4.74 Å². The van der Waals surface area contributed by atoms with Crippen LogP contribution in [0.3, 0.4) is 0 Å². The highest BCUT2D eigenvalue weighted by Gasteiger charge is 2.07. The predicted molar refractivity (Wildman–Crippen MR) is 115 cm³/mol. The summed E-state index contributed by atoms with van der Waals surface area (Å²) in [4.78, 5) is 0. The molecule has 3 aromatic carbocycles. The largest absolute Gasteiger partial charge is 0.494 e. The maximum absolute atomic E-state index is 5.87. The first-order valence-electron chi connectivity index (χ1n) is 10.0. The van der Waals surface area contributed by atoms with E-state index in [0.717, 1.165) is 31.6 Å². The second-order valence-electron chi connectivity index (χ2n) is 7.11. The Bertz CT molecular complexity index is 1040. The Balaban J connectivity index is 1.45. The highest BCUT2D eigenvalue weighted by Crippen LogP contribution is 2.24. The van der Waals surface area contributed by atoms with Crippen molar-refractivity contribution in [1.82, 2.24) is 9.78 Å². The molecule has 142 valence electrons. The van der Waals surface area contributed by atoms with Crippen LogP contribution in [-0.2, 0) is 19.4 Å². The third-order valence-electron chi connectivity index (χ3n) is 5.05. The van der Waals surface area contributed by atoms with Gasteiger partial charge in [0.1, 0.15) is 5.75 Å². The van der Waals surface area contributed by atoms with E-state index in [4.69, 9.17) is 4.74 Å². The molecule has 3 heteroatoms. The van der Waals surface area contributed by atoms with Crippen LogP contribution in [0.15, 0.2) is 79.1 Å². The van der Waals surface area contributed by atoms with Crippen molar-refractivity contribution in [3.05, 3.63) is 95.8 Å². The SMILES string of the molecule is CCOc1ccc(Cn2cccn2)cc1CCCc1ccc2ccccc2c1. The third-order valence-corrected chi connectivity index (χ3v) is 5.05. The smallest absolute Gasteiger partial charge is 0.122 e. The fraction of sp³-hybridized carbons (Fsp3) is 0.240. The van der Waals surface area contributed by atoms with E-state index in [1.807, 2.05) is 30.1 Å². The molecule has 1 heterocycles. The standard InChI is InChI=1S/C25H26N2O/c1-2-28-25-14-12-21(19-27-16-6-15-26-27)18-24(25)10-5-7-20-11-13-22-8-3-4-9-23(22)17-20/h3-4,6,8-9,11-18H,2,5,7,10,19H2,1H3. The number of rotatable bonds is 8. The number of hydrogen-bond acceptors (Lipinski definition) is 2. The van der Waals surface area contributed by atoms with Crippen LogP contribution in [0.25, 0.3) is 10.8 Å². The monoisotopic (exact) mass is 370 g/mol. The molecule has 0 unspecified atom stereocenters. The molecule has 0 N–H and O–H groups in total. The van der Waals surface area contributed by atoms with Gasteiger partial charge < -0.3 is 4.74 Å². The molecular weight excluding hydrogens is 344 g/mol. The number of benzene rings is 3. The molecule has 0 aliphatic carbocycles. The third kappa shape index (κ3) is 4.42. The van der Waals surface area contributed by atoms with Crippen LogP contribution in [0.4, 0.5) is 0 Å². The lowest BCUT2D eigenvalue weighted by atomic mass is 9.99. The molecule has 0 atom stereocenters. The Morgan fingerprint density at radius 2 is 1.71 bits per heavy atom. The van der Waals surface area contributed by atoms with Gasteiger partial charge in [-0.2, -0.15) is 5.10 Å². The van der Waals surface area contributed by atoms with Gasteiger partial charge in [-0.15, -0.1) is 0 Å². The van der Waals surface area contributed by atoms with Crippen LogP contribution >= 0.6 is 0 Å². The molecule has 0 saturated carbocycles. The van der Waals surface area contributed by atoms with Crippen molar-refractivity contribution in [3.8, 4) is 5.75 Å². The molecule has 28 heavy (non-hydrogen) atoms. The Labute approximate surface area is 166 Å². The summed E-state index contributed by atoms with van der Waals surface area (Å²) in [5.41, 5.74) is 3.93. The summed E-state index contributed by atoms with van der Waals surface area (Å²) in [7, 11) is 0. The first-order chi connectivity index (χ1) is 13.8. The van der Waals surface area contributed by atoms with Gasteiger partial charge in [0.15, 0.2) is 0 Å². The zero-order chi connectivity index (χ0) is 19.2. The summed E-state index contributed by atoms with van der Waals surface area (Å²) in [5, 5.41) is 6.93. The topological polar surface area (TPSA) is 27.1 Å². The first kappa shape index (κ1) is 18.3. The van der Waals surface area contributed by atoms with E-state index in [1.165, 1.54) is 27.5 Å². The molecule has 0 amide bonds. The van der Waals surface area contributed by atoms with Crippen LogP contribution in [0.1, 0.15) is 30.0 Å². The zero-order valence-electron chi connectivity index (χ0n) is 16.3. The van der Waals surface area contributed by atoms with E-state index >= 15 is 0 Å². The molecular formula is C25H26N2O. The van der Waals surface area contributed by atoms with E-state index < -0.39 is 0 Å². The van der Waals surface area contributed by atoms with Crippen LogP contribution in [0, 0.1) is 0 Å². The van der Waals surface area contributed by atoms with Gasteiger partial charge in [-0.1, -0.05) is 54.6 Å². The average Bonchev–Trinajstić information content (AvgIpc) is 3.23. The maximum atomic E-state index is 5.87. The lowest BCUT2D eigenvalue weighted by Gasteiger charge is -2.13. The fourth-order valence-corrected chi connectivity index (χ4v) is 3.68. The molecule has 4 aromatic rings. The van der Waals surface area contributed by atoms with Crippen LogP contribution in [0.2, 0.25) is 0 Å². The molecule has 0 saturated heterocycles. The van der Waals surface area contributed by atoms with E-state index in [0.29, 0.717) is 6.61 Å². The minimum absolute atomic E-state index is 0.691. The number of hydrogen-bond donors (Lipinski definition) is 0. The quantitative estimate of drug-likeness (QED) is 0.400. The van der Waals surface area contributed by atoms with Gasteiger partial charge >= 0.3 is 0 Å². The zero-order valence-corrected chi connectivity index (χ0v) is 16.3. The van der Waals surface area contributed by atoms with Crippen LogP contribution in [-0.4, -0.2) is 16.4 Å². The van der Waals surface area contributed by atoms with Gasteiger partial charge in [-0.3, -0.25) is 4.68 Å². The van der Waals surface area contributed by atoms with Crippen molar-refractivity contribution in [2.24, 2.45) is 0 Å². The Morgan fingerprint density at radius 1 is 0.857 bits per heavy atom. The van der Waals surface area contributed by atoms with Crippen molar-refractivity contribution in [3.63, 3.8) is 0 Å². The van der Waals surface area contributed by atoms with Gasteiger partial charge in [0.25, 0.3) is 0 Å². The van der Waals surface area contributed by atoms with Gasteiger partial charge in [0.05, 0.1) is 13.2 Å². The van der Waals surface area contributed by atoms with Gasteiger partial charge in [0.2, 0.25) is 0 Å². The maximum Gasteiger partial charge on any atom is 0.122 e. The number of ether oxygens (including phenoxy) is 1. The molecule has 0 aliphatic heterocycles. The number of fused-ring (bicyclic) bond motifs is 1. The molecule has 0 bridgehead atoms. The Morgan fingerprint density at radius 3 is 2.54 bits per heavy atom. The summed E-state index contributed by atoms with van der Waals surface area (Å²) >= 11 is 0. The fourth-order valence-electron chi connectivity index (χ4n) is 3.68. The van der Waals surface area contributed by atoms with E-state index in [9.17, 15) is 0 Å². The Hall–Kier alpha value is -3.07. The lowest BCUT2D eigenvalue weighted by molar-refractivity contribution is 0.336. The lowest BCUT2D eigenvalue weighted by Crippen LogP contribution is -2.03. The minimum atomic E-state index is 0.691. The summed E-state index contributed by atoms with van der Waals surface area (Å²) in [5.74, 6) is 1.00. The molecule has 0 spiro atoms. The van der Waals surface area contributed by atoms with Crippen LogP contribution in [0.5, 0.6) is 5.75 Å². The predicted octanol–water partition coefficient (Wildman–Crippen LogP) is 5.66. The van der Waals surface area contributed by atoms with Crippen LogP contribution < -0.4 is 4.74 Å². The molecule has 0 radical (unpaired) electrons. The summed E-state index contributed by atoms with van der Waals surface area (Å²) in [6, 6.07) is 23.8. The van der Waals surface area contributed by atoms with Gasteiger partial charge in [-0.25, -0.2) is 0 Å².